The van der Waals surface area contributed by atoms with Gasteiger partial charge in [-0.1, -0.05) is 25.4 Å². The van der Waals surface area contributed by atoms with Gasteiger partial charge in [-0.25, -0.2) is 4.39 Å². The molecule has 0 fully saturated rings. The lowest BCUT2D eigenvalue weighted by Gasteiger charge is -2.25. The Morgan fingerprint density at radius 3 is 2.48 bits per heavy atom. The van der Waals surface area contributed by atoms with Crippen molar-refractivity contribution in [3.8, 4) is 0 Å². The summed E-state index contributed by atoms with van der Waals surface area (Å²) in [5.74, 6) is -1.26. The molecule has 0 aliphatic heterocycles. The Morgan fingerprint density at radius 1 is 1.26 bits per heavy atom. The number of nitrogens with one attached hydrogen (secondary N) is 2. The normalized spacial score (nSPS) is 11.2. The minimum atomic E-state index is -0.902. The van der Waals surface area contributed by atoms with E-state index in [-0.39, 0.29) is 36.0 Å². The Morgan fingerprint density at radius 2 is 1.91 bits per heavy atom. The van der Waals surface area contributed by atoms with Crippen LogP contribution in [0.2, 0.25) is 5.02 Å². The largest absolute Gasteiger partial charge is 0.388 e. The molecule has 3 N–H and O–H groups in total. The minimum Gasteiger partial charge on any atom is -0.388 e. The van der Waals surface area contributed by atoms with Crippen molar-refractivity contribution in [2.24, 2.45) is 0 Å². The van der Waals surface area contributed by atoms with Crippen LogP contribution >= 0.6 is 11.6 Å². The zero-order valence-electron chi connectivity index (χ0n) is 13.3. The highest BCUT2D eigenvalue weighted by Crippen LogP contribution is 2.17. The fourth-order valence-corrected chi connectivity index (χ4v) is 2.16. The van der Waals surface area contributed by atoms with Crippen molar-refractivity contribution < 1.29 is 19.1 Å². The molecule has 0 bridgehead atoms. The van der Waals surface area contributed by atoms with Crippen molar-refractivity contribution in [2.45, 2.75) is 38.7 Å². The molecular formula is C16H22ClFN2O3. The average molecular weight is 345 g/mol. The van der Waals surface area contributed by atoms with Gasteiger partial charge < -0.3 is 15.7 Å². The number of hydrogen-bond donors (Lipinski definition) is 3. The number of aliphatic hydroxyl groups is 1. The third-order valence-corrected chi connectivity index (χ3v) is 4.06. The van der Waals surface area contributed by atoms with Crippen LogP contribution in [0.4, 0.5) is 4.39 Å². The molecule has 0 saturated carbocycles. The number of rotatable bonds is 8. The average Bonchev–Trinajstić information content (AvgIpc) is 2.52. The quantitative estimate of drug-likeness (QED) is 0.677. The third kappa shape index (κ3) is 6.15. The monoisotopic (exact) mass is 344 g/mol. The van der Waals surface area contributed by atoms with Gasteiger partial charge in [-0.2, -0.15) is 0 Å². The lowest BCUT2D eigenvalue weighted by molar-refractivity contribution is -0.122. The van der Waals surface area contributed by atoms with E-state index < -0.39 is 17.3 Å². The molecule has 0 aliphatic carbocycles. The Kier molecular flexibility index (Phi) is 7.45. The van der Waals surface area contributed by atoms with Gasteiger partial charge >= 0.3 is 0 Å². The molecule has 0 atom stereocenters. The van der Waals surface area contributed by atoms with Gasteiger partial charge in [-0.3, -0.25) is 9.59 Å². The van der Waals surface area contributed by atoms with Crippen molar-refractivity contribution in [2.75, 3.05) is 13.1 Å². The SMILES string of the molecule is CCC(O)(CC)CNC(=O)CCNC(=O)c1ccc(F)cc1Cl. The summed E-state index contributed by atoms with van der Waals surface area (Å²) in [5.41, 5.74) is -0.750. The molecule has 1 rings (SSSR count). The molecule has 23 heavy (non-hydrogen) atoms. The molecule has 0 aliphatic rings. The summed E-state index contributed by atoms with van der Waals surface area (Å²) in [6, 6.07) is 3.49. The van der Waals surface area contributed by atoms with E-state index in [1.165, 1.54) is 6.07 Å². The first-order chi connectivity index (χ1) is 10.8. The van der Waals surface area contributed by atoms with E-state index >= 15 is 0 Å². The summed E-state index contributed by atoms with van der Waals surface area (Å²) in [7, 11) is 0. The van der Waals surface area contributed by atoms with E-state index in [0.717, 1.165) is 12.1 Å². The molecule has 0 heterocycles. The van der Waals surface area contributed by atoms with Crippen LogP contribution in [0.15, 0.2) is 18.2 Å². The van der Waals surface area contributed by atoms with Gasteiger partial charge in [0, 0.05) is 19.5 Å². The lowest BCUT2D eigenvalue weighted by atomic mass is 9.97. The predicted octanol–water partition coefficient (Wildman–Crippen LogP) is 2.27. The standard InChI is InChI=1S/C16H22ClFN2O3/c1-3-16(23,4-2)10-20-14(21)7-8-19-15(22)12-6-5-11(18)9-13(12)17/h5-6,9,23H,3-4,7-8,10H2,1-2H3,(H,19,22)(H,20,21). The smallest absolute Gasteiger partial charge is 0.252 e. The zero-order chi connectivity index (χ0) is 17.5. The van der Waals surface area contributed by atoms with Crippen molar-refractivity contribution >= 4 is 23.4 Å². The fraction of sp³-hybridized carbons (Fsp3) is 0.500. The van der Waals surface area contributed by atoms with E-state index in [0.29, 0.717) is 12.8 Å². The highest BCUT2D eigenvalue weighted by molar-refractivity contribution is 6.33. The Labute approximate surface area is 140 Å². The first-order valence-corrected chi connectivity index (χ1v) is 7.91. The molecular weight excluding hydrogens is 323 g/mol. The van der Waals surface area contributed by atoms with Crippen molar-refractivity contribution in [3.05, 3.63) is 34.6 Å². The van der Waals surface area contributed by atoms with Crippen molar-refractivity contribution in [1.29, 1.82) is 0 Å². The van der Waals surface area contributed by atoms with Crippen LogP contribution in [0.1, 0.15) is 43.5 Å². The van der Waals surface area contributed by atoms with E-state index in [1.54, 1.807) is 0 Å². The van der Waals surface area contributed by atoms with E-state index in [4.69, 9.17) is 11.6 Å². The number of carbonyl (C=O) groups is 2. The minimum absolute atomic E-state index is 0.0166. The van der Waals surface area contributed by atoms with Gasteiger partial charge in [0.05, 0.1) is 16.2 Å². The van der Waals surface area contributed by atoms with Crippen LogP contribution in [-0.2, 0) is 4.79 Å². The van der Waals surface area contributed by atoms with Crippen LogP contribution in [0.5, 0.6) is 0 Å². The predicted molar refractivity (Wildman–Crippen MR) is 86.9 cm³/mol. The van der Waals surface area contributed by atoms with E-state index in [9.17, 15) is 19.1 Å². The van der Waals surface area contributed by atoms with Crippen molar-refractivity contribution in [1.82, 2.24) is 10.6 Å². The molecule has 1 aromatic carbocycles. The maximum atomic E-state index is 12.9. The lowest BCUT2D eigenvalue weighted by Crippen LogP contribution is -2.42. The summed E-state index contributed by atoms with van der Waals surface area (Å²) in [6.45, 7) is 4.00. The summed E-state index contributed by atoms with van der Waals surface area (Å²) in [4.78, 5) is 23.6. The summed E-state index contributed by atoms with van der Waals surface area (Å²) in [6.07, 6.45) is 1.17. The summed E-state index contributed by atoms with van der Waals surface area (Å²) < 4.78 is 12.9. The van der Waals surface area contributed by atoms with Crippen molar-refractivity contribution in [3.63, 3.8) is 0 Å². The molecule has 7 heteroatoms. The number of hydrogen-bond acceptors (Lipinski definition) is 3. The first-order valence-electron chi connectivity index (χ1n) is 7.53. The second kappa shape index (κ2) is 8.84. The van der Waals surface area contributed by atoms with Crippen LogP contribution in [0.3, 0.4) is 0 Å². The summed E-state index contributed by atoms with van der Waals surface area (Å²) in [5, 5.41) is 15.3. The molecule has 1 aromatic rings. The number of carbonyl (C=O) groups excluding carboxylic acids is 2. The van der Waals surface area contributed by atoms with Crippen LogP contribution < -0.4 is 10.6 Å². The third-order valence-electron chi connectivity index (χ3n) is 3.74. The maximum absolute atomic E-state index is 12.9. The van der Waals surface area contributed by atoms with Gasteiger partial charge in [0.25, 0.3) is 5.91 Å². The topological polar surface area (TPSA) is 78.4 Å². The van der Waals surface area contributed by atoms with Crippen LogP contribution in [0.25, 0.3) is 0 Å². The first kappa shape index (κ1) is 19.4. The van der Waals surface area contributed by atoms with E-state index in [2.05, 4.69) is 10.6 Å². The van der Waals surface area contributed by atoms with Gasteiger partial charge in [-0.05, 0) is 31.0 Å². The molecule has 0 spiro atoms. The second-order valence-electron chi connectivity index (χ2n) is 5.34. The molecule has 0 aromatic heterocycles. The molecule has 0 radical (unpaired) electrons. The molecule has 0 saturated heterocycles. The molecule has 5 nitrogen and oxygen atoms in total. The molecule has 0 unspecified atom stereocenters. The maximum Gasteiger partial charge on any atom is 0.252 e. The molecule has 128 valence electrons. The highest BCUT2D eigenvalue weighted by Gasteiger charge is 2.22. The van der Waals surface area contributed by atoms with E-state index in [1.807, 2.05) is 13.8 Å². The van der Waals surface area contributed by atoms with Gasteiger partial charge in [-0.15, -0.1) is 0 Å². The number of halogens is 2. The fourth-order valence-electron chi connectivity index (χ4n) is 1.91. The van der Waals surface area contributed by atoms with Crippen LogP contribution in [0, 0.1) is 5.82 Å². The van der Waals surface area contributed by atoms with Gasteiger partial charge in [0.15, 0.2) is 0 Å². The highest BCUT2D eigenvalue weighted by atomic mass is 35.5. The van der Waals surface area contributed by atoms with Gasteiger partial charge in [0.2, 0.25) is 5.91 Å². The number of benzene rings is 1. The molecule has 2 amide bonds. The Balaban J connectivity index is 2.38. The Bertz CT molecular complexity index is 562. The Hall–Kier alpha value is -1.66. The van der Waals surface area contributed by atoms with Crippen LogP contribution in [-0.4, -0.2) is 35.6 Å². The van der Waals surface area contributed by atoms with Gasteiger partial charge in [0.1, 0.15) is 5.82 Å². The summed E-state index contributed by atoms with van der Waals surface area (Å²) >= 11 is 5.79. The second-order valence-corrected chi connectivity index (χ2v) is 5.75. The number of amides is 2. The zero-order valence-corrected chi connectivity index (χ0v) is 14.0.